The fourth-order valence-corrected chi connectivity index (χ4v) is 7.73. The molecule has 0 radical (unpaired) electrons. The highest BCUT2D eigenvalue weighted by Gasteiger charge is 2.19. The van der Waals surface area contributed by atoms with Crippen molar-refractivity contribution in [1.82, 2.24) is 0 Å². The second-order valence-corrected chi connectivity index (χ2v) is 18.8. The molecule has 1 unspecified atom stereocenters. The molecule has 6 heteroatoms. The topological polar surface area (TPSA) is 78.9 Å². The van der Waals surface area contributed by atoms with Crippen molar-refractivity contribution in [2.75, 3.05) is 13.2 Å². The molecule has 0 N–H and O–H groups in total. The molecule has 69 heavy (non-hydrogen) atoms. The number of allylic oxidation sites excluding steroid dienone is 16. The smallest absolute Gasteiger partial charge is 0.306 e. The molecule has 0 spiro atoms. The summed E-state index contributed by atoms with van der Waals surface area (Å²) >= 11 is 0. The van der Waals surface area contributed by atoms with Crippen LogP contribution in [0.1, 0.15) is 265 Å². The average Bonchev–Trinajstić information content (AvgIpc) is 3.35. The van der Waals surface area contributed by atoms with Gasteiger partial charge < -0.3 is 14.2 Å². The summed E-state index contributed by atoms with van der Waals surface area (Å²) in [5.74, 6) is -0.925. The van der Waals surface area contributed by atoms with Crippen LogP contribution in [0.25, 0.3) is 0 Å². The van der Waals surface area contributed by atoms with Gasteiger partial charge >= 0.3 is 17.9 Å². The minimum Gasteiger partial charge on any atom is -0.462 e. The molecule has 0 bridgehead atoms. The van der Waals surface area contributed by atoms with Crippen LogP contribution in [0, 0.1) is 0 Å². The predicted octanol–water partition coefficient (Wildman–Crippen LogP) is 19.3. The maximum Gasteiger partial charge on any atom is 0.306 e. The van der Waals surface area contributed by atoms with Crippen molar-refractivity contribution < 1.29 is 28.6 Å². The molecule has 0 saturated carbocycles. The first kappa shape index (κ1) is 65.3. The van der Waals surface area contributed by atoms with Crippen molar-refractivity contribution in [2.45, 2.75) is 271 Å². The zero-order valence-corrected chi connectivity index (χ0v) is 45.0. The van der Waals surface area contributed by atoms with Gasteiger partial charge in [-0.3, -0.25) is 14.4 Å². The normalized spacial score (nSPS) is 12.8. The first-order valence-corrected chi connectivity index (χ1v) is 28.7. The number of hydrogen-bond acceptors (Lipinski definition) is 6. The number of unbranched alkanes of at least 4 members (excludes halogenated alkanes) is 24. The summed E-state index contributed by atoms with van der Waals surface area (Å²) < 4.78 is 16.9. The van der Waals surface area contributed by atoms with Crippen molar-refractivity contribution in [3.05, 3.63) is 97.2 Å². The van der Waals surface area contributed by atoms with E-state index in [-0.39, 0.29) is 31.1 Å². The van der Waals surface area contributed by atoms with E-state index in [1.807, 2.05) is 0 Å². The van der Waals surface area contributed by atoms with Gasteiger partial charge in [-0.15, -0.1) is 0 Å². The van der Waals surface area contributed by atoms with E-state index in [0.29, 0.717) is 19.3 Å². The van der Waals surface area contributed by atoms with Gasteiger partial charge in [0.1, 0.15) is 13.2 Å². The van der Waals surface area contributed by atoms with Crippen LogP contribution in [-0.4, -0.2) is 37.2 Å². The van der Waals surface area contributed by atoms with Crippen molar-refractivity contribution in [1.29, 1.82) is 0 Å². The van der Waals surface area contributed by atoms with Crippen LogP contribution < -0.4 is 0 Å². The fraction of sp³-hybridized carbons (Fsp3) is 0.698. The molecule has 0 aliphatic carbocycles. The Bertz CT molecular complexity index is 1380. The Morgan fingerprint density at radius 1 is 0.304 bits per heavy atom. The number of carbonyl (C=O) groups is 3. The first-order chi connectivity index (χ1) is 34.0. The molecule has 0 aromatic carbocycles. The minimum atomic E-state index is -0.795. The zero-order chi connectivity index (χ0) is 50.0. The minimum absolute atomic E-state index is 0.0933. The van der Waals surface area contributed by atoms with Crippen LogP contribution in [0.15, 0.2) is 97.2 Å². The van der Waals surface area contributed by atoms with E-state index in [4.69, 9.17) is 14.2 Å². The number of hydrogen-bond donors (Lipinski definition) is 0. The Labute approximate surface area is 426 Å². The molecule has 0 heterocycles. The second kappa shape index (κ2) is 56.9. The molecule has 0 rings (SSSR count). The van der Waals surface area contributed by atoms with E-state index in [9.17, 15) is 14.4 Å². The van der Waals surface area contributed by atoms with Gasteiger partial charge in [0, 0.05) is 19.3 Å². The molecule has 394 valence electrons. The largest absolute Gasteiger partial charge is 0.462 e. The third kappa shape index (κ3) is 55.1. The summed E-state index contributed by atoms with van der Waals surface area (Å²) in [4.78, 5) is 38.2. The van der Waals surface area contributed by atoms with Crippen LogP contribution in [0.2, 0.25) is 0 Å². The van der Waals surface area contributed by atoms with E-state index >= 15 is 0 Å². The molecule has 0 aliphatic rings. The van der Waals surface area contributed by atoms with Gasteiger partial charge in [0.15, 0.2) is 6.10 Å². The fourth-order valence-electron chi connectivity index (χ4n) is 7.73. The van der Waals surface area contributed by atoms with Crippen molar-refractivity contribution >= 4 is 17.9 Å². The Morgan fingerprint density at radius 3 is 0.884 bits per heavy atom. The molecule has 0 saturated heterocycles. The summed E-state index contributed by atoms with van der Waals surface area (Å²) in [7, 11) is 0. The molecule has 0 amide bonds. The summed E-state index contributed by atoms with van der Waals surface area (Å²) in [5.41, 5.74) is 0. The molecular formula is C63H106O6. The Morgan fingerprint density at radius 2 is 0.565 bits per heavy atom. The lowest BCUT2D eigenvalue weighted by atomic mass is 10.1. The number of rotatable bonds is 51. The first-order valence-electron chi connectivity index (χ1n) is 28.7. The van der Waals surface area contributed by atoms with Gasteiger partial charge in [0.05, 0.1) is 0 Å². The van der Waals surface area contributed by atoms with Crippen LogP contribution in [0.4, 0.5) is 0 Å². The molecule has 0 aliphatic heterocycles. The zero-order valence-electron chi connectivity index (χ0n) is 45.0. The van der Waals surface area contributed by atoms with E-state index in [2.05, 4.69) is 118 Å². The SMILES string of the molecule is CC/C=C\C/C=C\C/C=C\C/C=C\CCCCCCCCC(=O)OCC(COC(=O)CCCCCCC/C=C\C/C=C\CCCCC)OC(=O)CCCCCCCCC/C=C\C/C=C\CCCCC. The van der Waals surface area contributed by atoms with Crippen LogP contribution in [0.5, 0.6) is 0 Å². The molecule has 0 fully saturated rings. The van der Waals surface area contributed by atoms with Crippen molar-refractivity contribution in [3.8, 4) is 0 Å². The van der Waals surface area contributed by atoms with Gasteiger partial charge in [-0.05, 0) is 122 Å². The van der Waals surface area contributed by atoms with Gasteiger partial charge in [0.2, 0.25) is 0 Å². The lowest BCUT2D eigenvalue weighted by molar-refractivity contribution is -0.167. The second-order valence-electron chi connectivity index (χ2n) is 18.8. The summed E-state index contributed by atoms with van der Waals surface area (Å²) in [6, 6.07) is 0. The molecule has 6 nitrogen and oxygen atoms in total. The number of esters is 3. The maximum absolute atomic E-state index is 12.9. The number of ether oxygens (including phenoxy) is 3. The van der Waals surface area contributed by atoms with Gasteiger partial charge in [0.25, 0.3) is 0 Å². The Kier molecular flexibility index (Phi) is 53.9. The third-order valence-electron chi connectivity index (χ3n) is 12.0. The van der Waals surface area contributed by atoms with Crippen LogP contribution in [0.3, 0.4) is 0 Å². The van der Waals surface area contributed by atoms with E-state index in [1.165, 1.54) is 89.9 Å². The quantitative estimate of drug-likeness (QED) is 0.0262. The van der Waals surface area contributed by atoms with Crippen molar-refractivity contribution in [3.63, 3.8) is 0 Å². The van der Waals surface area contributed by atoms with Crippen LogP contribution in [-0.2, 0) is 28.6 Å². The van der Waals surface area contributed by atoms with Crippen molar-refractivity contribution in [2.24, 2.45) is 0 Å². The van der Waals surface area contributed by atoms with Gasteiger partial charge in [-0.2, -0.15) is 0 Å². The lowest BCUT2D eigenvalue weighted by Gasteiger charge is -2.18. The number of carbonyl (C=O) groups excluding carboxylic acids is 3. The third-order valence-corrected chi connectivity index (χ3v) is 12.0. The maximum atomic E-state index is 12.9. The lowest BCUT2D eigenvalue weighted by Crippen LogP contribution is -2.30. The Hall–Kier alpha value is -3.67. The predicted molar refractivity (Wildman–Crippen MR) is 297 cm³/mol. The van der Waals surface area contributed by atoms with Crippen LogP contribution >= 0.6 is 0 Å². The molecule has 0 aromatic rings. The molecule has 1 atom stereocenters. The molecule has 0 aromatic heterocycles. The standard InChI is InChI=1S/C63H106O6/c1-4-7-10-13-16-19-22-25-28-30-31-33-35-38-41-44-47-50-53-56-62(65)68-59-60(58-67-61(64)55-52-49-46-43-40-37-34-27-24-21-18-15-12-9-6-3)69-63(66)57-54-51-48-45-42-39-36-32-29-26-23-20-17-14-11-8-5-2/h7,10,16-21,25-29,31,33-34,60H,4-6,8-9,11-15,22-24,30,32,35-59H2,1-3H3/b10-7-,19-16-,20-17-,21-18-,28-25-,29-26-,33-31-,34-27-. The summed E-state index contributed by atoms with van der Waals surface area (Å²) in [6.07, 6.45) is 75.3. The monoisotopic (exact) mass is 959 g/mol. The Balaban J connectivity index is 4.45. The highest BCUT2D eigenvalue weighted by atomic mass is 16.6. The molecular weight excluding hydrogens is 853 g/mol. The van der Waals surface area contributed by atoms with E-state index in [1.54, 1.807) is 0 Å². The summed E-state index contributed by atoms with van der Waals surface area (Å²) in [5, 5.41) is 0. The average molecular weight is 960 g/mol. The van der Waals surface area contributed by atoms with E-state index < -0.39 is 6.10 Å². The van der Waals surface area contributed by atoms with Gasteiger partial charge in [-0.25, -0.2) is 0 Å². The van der Waals surface area contributed by atoms with E-state index in [0.717, 1.165) is 135 Å². The highest BCUT2D eigenvalue weighted by Crippen LogP contribution is 2.14. The highest BCUT2D eigenvalue weighted by molar-refractivity contribution is 5.71. The van der Waals surface area contributed by atoms with Gasteiger partial charge in [-0.1, -0.05) is 221 Å². The summed E-state index contributed by atoms with van der Waals surface area (Å²) in [6.45, 7) is 6.45.